The van der Waals surface area contributed by atoms with Crippen molar-refractivity contribution in [1.29, 1.82) is 0 Å². The van der Waals surface area contributed by atoms with Gasteiger partial charge in [-0.15, -0.1) is 11.8 Å². The third-order valence-electron chi connectivity index (χ3n) is 3.81. The van der Waals surface area contributed by atoms with Gasteiger partial charge in [-0.2, -0.15) is 0 Å². The molecule has 116 valence electrons. The monoisotopic (exact) mass is 308 g/mol. The molecule has 1 fully saturated rings. The number of amides is 1. The number of rotatable bonds is 6. The number of carbonyl (C=O) groups is 1. The Kier molecular flexibility index (Phi) is 6.54. The minimum Gasteiger partial charge on any atom is -0.379 e. The summed E-state index contributed by atoms with van der Waals surface area (Å²) in [5.74, 6) is 0.142. The van der Waals surface area contributed by atoms with Crippen molar-refractivity contribution < 1.29 is 9.53 Å². The molecule has 1 aliphatic rings. The van der Waals surface area contributed by atoms with Gasteiger partial charge < -0.3 is 10.1 Å². The van der Waals surface area contributed by atoms with Crippen LogP contribution in [-0.2, 0) is 9.53 Å². The number of carbonyl (C=O) groups excluding carboxylic acids is 1. The molecule has 1 heterocycles. The van der Waals surface area contributed by atoms with Crippen molar-refractivity contribution in [2.24, 2.45) is 5.92 Å². The number of thioether (sulfide) groups is 1. The molecule has 0 bridgehead atoms. The number of hydrogen-bond acceptors (Lipinski definition) is 4. The summed E-state index contributed by atoms with van der Waals surface area (Å²) >= 11 is 1.65. The Morgan fingerprint density at radius 3 is 2.76 bits per heavy atom. The number of nitrogens with zero attached hydrogens (tertiary/aromatic N) is 1. The lowest BCUT2D eigenvalue weighted by atomic mass is 10.0. The van der Waals surface area contributed by atoms with Crippen molar-refractivity contribution in [3.05, 3.63) is 24.3 Å². The third-order valence-corrected chi connectivity index (χ3v) is 4.61. The first kappa shape index (κ1) is 16.3. The largest absolute Gasteiger partial charge is 0.379 e. The quantitative estimate of drug-likeness (QED) is 0.821. The Bertz CT molecular complexity index is 461. The number of para-hydroxylation sites is 1. The summed E-state index contributed by atoms with van der Waals surface area (Å²) in [5, 5.41) is 3.08. The Morgan fingerprint density at radius 1 is 1.38 bits per heavy atom. The van der Waals surface area contributed by atoms with Gasteiger partial charge in [0.2, 0.25) is 5.91 Å². The molecule has 5 heteroatoms. The molecule has 1 saturated heterocycles. The van der Waals surface area contributed by atoms with Gasteiger partial charge in [-0.25, -0.2) is 0 Å². The minimum atomic E-state index is 0.0259. The number of benzene rings is 1. The highest BCUT2D eigenvalue weighted by molar-refractivity contribution is 7.98. The zero-order chi connectivity index (χ0) is 15.1. The average molecular weight is 308 g/mol. The lowest BCUT2D eigenvalue weighted by Gasteiger charge is -2.29. The fraction of sp³-hybridized carbons (Fsp3) is 0.562. The molecule has 1 atom stereocenters. The Morgan fingerprint density at radius 2 is 2.10 bits per heavy atom. The highest BCUT2D eigenvalue weighted by Crippen LogP contribution is 2.25. The van der Waals surface area contributed by atoms with Gasteiger partial charge >= 0.3 is 0 Å². The Hall–Kier alpha value is -1.04. The second kappa shape index (κ2) is 8.41. The van der Waals surface area contributed by atoms with E-state index in [1.54, 1.807) is 11.8 Å². The molecule has 2 rings (SSSR count). The Labute approximate surface area is 131 Å². The zero-order valence-corrected chi connectivity index (χ0v) is 13.6. The van der Waals surface area contributed by atoms with E-state index in [-0.39, 0.29) is 11.8 Å². The molecule has 21 heavy (non-hydrogen) atoms. The maximum Gasteiger partial charge on any atom is 0.228 e. The first-order valence-electron chi connectivity index (χ1n) is 7.48. The van der Waals surface area contributed by atoms with Crippen molar-refractivity contribution >= 4 is 23.4 Å². The molecule has 0 aliphatic carbocycles. The standard InChI is InChI=1S/C16H24N2O2S/c1-3-13(12-18-8-10-20-11-9-18)16(19)17-14-6-4-5-7-15(14)21-2/h4-7,13H,3,8-12H2,1-2H3,(H,17,19). The summed E-state index contributed by atoms with van der Waals surface area (Å²) in [6.07, 6.45) is 2.88. The molecule has 0 radical (unpaired) electrons. The van der Waals surface area contributed by atoms with Crippen LogP contribution in [0.1, 0.15) is 13.3 Å². The summed E-state index contributed by atoms with van der Waals surface area (Å²) in [6.45, 7) is 6.27. The lowest BCUT2D eigenvalue weighted by molar-refractivity contribution is -0.121. The van der Waals surface area contributed by atoms with Crippen LogP contribution in [0.3, 0.4) is 0 Å². The number of ether oxygens (including phenoxy) is 1. The first-order chi connectivity index (χ1) is 10.2. The van der Waals surface area contributed by atoms with E-state index in [0.717, 1.165) is 49.9 Å². The molecular weight excluding hydrogens is 284 g/mol. The maximum atomic E-state index is 12.5. The van der Waals surface area contributed by atoms with Crippen LogP contribution in [0.4, 0.5) is 5.69 Å². The molecule has 1 N–H and O–H groups in total. The lowest BCUT2D eigenvalue weighted by Crippen LogP contribution is -2.42. The highest BCUT2D eigenvalue weighted by atomic mass is 32.2. The fourth-order valence-electron chi connectivity index (χ4n) is 2.48. The summed E-state index contributed by atoms with van der Waals surface area (Å²) < 4.78 is 5.36. The molecular formula is C16H24N2O2S. The van der Waals surface area contributed by atoms with Gasteiger partial charge in [0.05, 0.1) is 24.8 Å². The van der Waals surface area contributed by atoms with Crippen molar-refractivity contribution in [3.63, 3.8) is 0 Å². The summed E-state index contributed by atoms with van der Waals surface area (Å²) in [6, 6.07) is 7.94. The van der Waals surface area contributed by atoms with E-state index in [0.29, 0.717) is 0 Å². The number of nitrogens with one attached hydrogen (secondary N) is 1. The normalized spacial score (nSPS) is 17.4. The molecule has 1 aromatic rings. The number of morpholine rings is 1. The highest BCUT2D eigenvalue weighted by Gasteiger charge is 2.22. The average Bonchev–Trinajstić information content (AvgIpc) is 2.54. The molecule has 0 aromatic heterocycles. The predicted octanol–water partition coefficient (Wildman–Crippen LogP) is 2.71. The third kappa shape index (κ3) is 4.73. The molecule has 1 aromatic carbocycles. The summed E-state index contributed by atoms with van der Waals surface area (Å²) in [4.78, 5) is 15.9. The van der Waals surface area contributed by atoms with E-state index < -0.39 is 0 Å². The smallest absolute Gasteiger partial charge is 0.228 e. The first-order valence-corrected chi connectivity index (χ1v) is 8.71. The molecule has 4 nitrogen and oxygen atoms in total. The van der Waals surface area contributed by atoms with E-state index in [4.69, 9.17) is 4.74 Å². The maximum absolute atomic E-state index is 12.5. The van der Waals surface area contributed by atoms with Crippen LogP contribution in [0.5, 0.6) is 0 Å². The second-order valence-corrected chi connectivity index (χ2v) is 6.06. The van der Waals surface area contributed by atoms with Gasteiger partial charge in [0.15, 0.2) is 0 Å². The Balaban J connectivity index is 1.96. The van der Waals surface area contributed by atoms with Gasteiger partial charge in [0.25, 0.3) is 0 Å². The second-order valence-electron chi connectivity index (χ2n) is 5.21. The van der Waals surface area contributed by atoms with E-state index >= 15 is 0 Å². The predicted molar refractivity (Wildman–Crippen MR) is 87.9 cm³/mol. The van der Waals surface area contributed by atoms with Gasteiger partial charge in [-0.1, -0.05) is 19.1 Å². The van der Waals surface area contributed by atoms with Crippen LogP contribution >= 0.6 is 11.8 Å². The number of anilines is 1. The van der Waals surface area contributed by atoms with Crippen LogP contribution in [0.15, 0.2) is 29.2 Å². The van der Waals surface area contributed by atoms with Crippen LogP contribution in [0.25, 0.3) is 0 Å². The van der Waals surface area contributed by atoms with Crippen molar-refractivity contribution in [2.45, 2.75) is 18.2 Å². The van der Waals surface area contributed by atoms with Gasteiger partial charge in [-0.05, 0) is 24.8 Å². The topological polar surface area (TPSA) is 41.6 Å². The van der Waals surface area contributed by atoms with E-state index in [1.807, 2.05) is 30.5 Å². The van der Waals surface area contributed by atoms with Gasteiger partial charge in [0.1, 0.15) is 0 Å². The van der Waals surface area contributed by atoms with E-state index in [2.05, 4.69) is 17.1 Å². The van der Waals surface area contributed by atoms with Crippen molar-refractivity contribution in [2.75, 3.05) is 44.4 Å². The van der Waals surface area contributed by atoms with Crippen LogP contribution in [-0.4, -0.2) is 49.9 Å². The molecule has 0 saturated carbocycles. The molecule has 0 spiro atoms. The van der Waals surface area contributed by atoms with Gasteiger partial charge in [0, 0.05) is 24.5 Å². The van der Waals surface area contributed by atoms with E-state index in [9.17, 15) is 4.79 Å². The van der Waals surface area contributed by atoms with Crippen LogP contribution in [0.2, 0.25) is 0 Å². The molecule has 1 aliphatic heterocycles. The fourth-order valence-corrected chi connectivity index (χ4v) is 3.03. The minimum absolute atomic E-state index is 0.0259. The van der Waals surface area contributed by atoms with Crippen LogP contribution in [0, 0.1) is 5.92 Å². The zero-order valence-electron chi connectivity index (χ0n) is 12.8. The summed E-state index contributed by atoms with van der Waals surface area (Å²) in [7, 11) is 0. The van der Waals surface area contributed by atoms with Gasteiger partial charge in [-0.3, -0.25) is 9.69 Å². The van der Waals surface area contributed by atoms with Crippen molar-refractivity contribution in [1.82, 2.24) is 4.90 Å². The summed E-state index contributed by atoms with van der Waals surface area (Å²) in [5.41, 5.74) is 0.912. The SMILES string of the molecule is CCC(CN1CCOCC1)C(=O)Nc1ccccc1SC. The van der Waals surface area contributed by atoms with Crippen LogP contribution < -0.4 is 5.32 Å². The number of hydrogen-bond donors (Lipinski definition) is 1. The molecule has 1 amide bonds. The van der Waals surface area contributed by atoms with E-state index in [1.165, 1.54) is 0 Å². The molecule has 1 unspecified atom stereocenters. The van der Waals surface area contributed by atoms with Crippen molar-refractivity contribution in [3.8, 4) is 0 Å².